The van der Waals surface area contributed by atoms with Gasteiger partial charge in [-0.1, -0.05) is 0 Å². The first-order valence-electron chi connectivity index (χ1n) is 10.4. The van der Waals surface area contributed by atoms with Crippen molar-refractivity contribution in [2.24, 2.45) is 11.1 Å². The lowest BCUT2D eigenvalue weighted by Crippen LogP contribution is -2.46. The normalized spacial score (nSPS) is 19.8. The minimum atomic E-state index is -3.68. The number of fused-ring (bicyclic) bond motifs is 1. The molecule has 0 atom stereocenters. The Bertz CT molecular complexity index is 1290. The molecule has 3 aromatic heterocycles. The minimum Gasteiger partial charge on any atom is -0.480 e. The van der Waals surface area contributed by atoms with Gasteiger partial charge in [-0.25, -0.2) is 28.3 Å². The third-order valence-electron chi connectivity index (χ3n) is 6.45. The summed E-state index contributed by atoms with van der Waals surface area (Å²) in [6, 6.07) is 3.45. The van der Waals surface area contributed by atoms with Gasteiger partial charge in [-0.15, -0.1) is 0 Å². The summed E-state index contributed by atoms with van der Waals surface area (Å²) in [5.74, 6) is 0.638. The molecule has 0 spiro atoms. The number of ether oxygens (including phenoxy) is 1. The van der Waals surface area contributed by atoms with Gasteiger partial charge in [-0.3, -0.25) is 4.57 Å². The maximum Gasteiger partial charge on any atom is 0.327 e. The second-order valence-electron chi connectivity index (χ2n) is 8.57. The van der Waals surface area contributed by atoms with Crippen molar-refractivity contribution >= 4 is 32.8 Å². The van der Waals surface area contributed by atoms with Gasteiger partial charge in [0.1, 0.15) is 11.2 Å². The fourth-order valence-corrected chi connectivity index (χ4v) is 5.05. The van der Waals surface area contributed by atoms with Crippen LogP contribution in [-0.4, -0.2) is 44.8 Å². The molecule has 3 heterocycles. The highest BCUT2D eigenvalue weighted by Crippen LogP contribution is 2.40. The maximum absolute atomic E-state index is 12.7. The van der Waals surface area contributed by atoms with Gasteiger partial charge in [0.05, 0.1) is 18.1 Å². The van der Waals surface area contributed by atoms with Crippen molar-refractivity contribution in [3.8, 4) is 5.88 Å². The van der Waals surface area contributed by atoms with Crippen LogP contribution in [0.2, 0.25) is 0 Å². The van der Waals surface area contributed by atoms with Crippen LogP contribution >= 0.6 is 0 Å². The fourth-order valence-electron chi connectivity index (χ4n) is 4.35. The van der Waals surface area contributed by atoms with Crippen LogP contribution in [0.15, 0.2) is 29.3 Å². The zero-order chi connectivity index (χ0) is 23.1. The van der Waals surface area contributed by atoms with Gasteiger partial charge in [0, 0.05) is 12.2 Å². The molecule has 1 aliphatic carbocycles. The number of H-pyrrole nitrogens is 1. The van der Waals surface area contributed by atoms with E-state index in [4.69, 9.17) is 9.88 Å². The highest BCUT2D eigenvalue weighted by molar-refractivity contribution is 7.90. The van der Waals surface area contributed by atoms with Gasteiger partial charge in [-0.2, -0.15) is 4.98 Å². The molecule has 0 radical (unpaired) electrons. The summed E-state index contributed by atoms with van der Waals surface area (Å²) < 4.78 is 29.9. The predicted molar refractivity (Wildman–Crippen MR) is 120 cm³/mol. The number of primary sulfonamides is 1. The number of aromatic amines is 1. The summed E-state index contributed by atoms with van der Waals surface area (Å²) in [5, 5.41) is 8.53. The number of sulfonamides is 1. The molecule has 4 N–H and O–H groups in total. The smallest absolute Gasteiger partial charge is 0.327 e. The number of hydrogen-bond acceptors (Lipinski definition) is 8. The molecule has 0 saturated heterocycles. The molecule has 0 bridgehead atoms. The Balaban J connectivity index is 1.61. The summed E-state index contributed by atoms with van der Waals surface area (Å²) >= 11 is 0. The number of pyridine rings is 1. The van der Waals surface area contributed by atoms with Crippen LogP contribution < -0.4 is 20.9 Å². The van der Waals surface area contributed by atoms with E-state index in [1.54, 1.807) is 42.9 Å². The van der Waals surface area contributed by atoms with Gasteiger partial charge in [-0.05, 0) is 57.6 Å². The Morgan fingerprint density at radius 1 is 1.25 bits per heavy atom. The van der Waals surface area contributed by atoms with Gasteiger partial charge in [0.15, 0.2) is 5.65 Å². The number of hydrogen-bond donors (Lipinski definition) is 3. The predicted octanol–water partition coefficient (Wildman–Crippen LogP) is 2.07. The van der Waals surface area contributed by atoms with Crippen LogP contribution in [-0.2, 0) is 10.0 Å². The number of imidazole rings is 1. The molecule has 1 aliphatic rings. The van der Waals surface area contributed by atoms with E-state index in [9.17, 15) is 13.2 Å². The number of anilines is 2. The van der Waals surface area contributed by atoms with Crippen LogP contribution in [0.5, 0.6) is 5.88 Å². The van der Waals surface area contributed by atoms with Gasteiger partial charge in [0.25, 0.3) is 0 Å². The SMILES string of the molecule is COc1ncccc1Nc1ncc2[nH]c(=O)n(C3CCC(C(C)(C)S(N)(=O)=O)CC3)c2n1. The fraction of sp³-hybridized carbons (Fsp3) is 0.500. The maximum atomic E-state index is 12.7. The number of methoxy groups -OCH3 is 1. The van der Waals surface area contributed by atoms with Crippen molar-refractivity contribution in [3.05, 3.63) is 35.0 Å². The van der Waals surface area contributed by atoms with E-state index in [-0.39, 0.29) is 17.6 Å². The van der Waals surface area contributed by atoms with E-state index in [1.165, 1.54) is 7.11 Å². The van der Waals surface area contributed by atoms with Crippen LogP contribution in [0.3, 0.4) is 0 Å². The largest absolute Gasteiger partial charge is 0.480 e. The Morgan fingerprint density at radius 3 is 2.62 bits per heavy atom. The van der Waals surface area contributed by atoms with Crippen molar-refractivity contribution in [2.75, 3.05) is 12.4 Å². The molecule has 1 fully saturated rings. The molecular weight excluding hydrogens is 434 g/mol. The quantitative estimate of drug-likeness (QED) is 0.503. The summed E-state index contributed by atoms with van der Waals surface area (Å²) in [6.45, 7) is 3.34. The van der Waals surface area contributed by atoms with Gasteiger partial charge >= 0.3 is 5.69 Å². The standard InChI is InChI=1S/C20H27N7O4S/c1-20(2,32(21,29)30)12-6-8-13(9-7-12)27-16-15(25-19(27)28)11-23-18(26-16)24-14-5-4-10-22-17(14)31-3/h4-5,10-13H,6-9H2,1-3H3,(H,25,28)(H2,21,29,30)(H,23,24,26). The van der Waals surface area contributed by atoms with E-state index < -0.39 is 14.8 Å². The summed E-state index contributed by atoms with van der Waals surface area (Å²) in [6.07, 6.45) is 5.78. The minimum absolute atomic E-state index is 0.0699. The first kappa shape index (κ1) is 22.2. The number of nitrogens with one attached hydrogen (secondary N) is 2. The molecule has 0 aliphatic heterocycles. The van der Waals surface area contributed by atoms with Crippen molar-refractivity contribution in [1.29, 1.82) is 0 Å². The topological polar surface area (TPSA) is 158 Å². The van der Waals surface area contributed by atoms with Crippen molar-refractivity contribution < 1.29 is 13.2 Å². The third-order valence-corrected chi connectivity index (χ3v) is 8.25. The molecule has 11 nitrogen and oxygen atoms in total. The van der Waals surface area contributed by atoms with Gasteiger partial charge < -0.3 is 15.0 Å². The zero-order valence-corrected chi connectivity index (χ0v) is 19.0. The Hall–Kier alpha value is -2.99. The Morgan fingerprint density at radius 2 is 1.97 bits per heavy atom. The molecule has 32 heavy (non-hydrogen) atoms. The van der Waals surface area contributed by atoms with Crippen molar-refractivity contribution in [2.45, 2.75) is 50.3 Å². The molecule has 12 heteroatoms. The molecular formula is C20H27N7O4S. The summed E-state index contributed by atoms with van der Waals surface area (Å²) in [5.41, 5.74) is 1.36. The third kappa shape index (κ3) is 3.95. The lowest BCUT2D eigenvalue weighted by molar-refractivity contribution is 0.236. The van der Waals surface area contributed by atoms with Gasteiger partial charge in [0.2, 0.25) is 21.9 Å². The van der Waals surface area contributed by atoms with E-state index >= 15 is 0 Å². The molecule has 0 unspecified atom stereocenters. The van der Waals surface area contributed by atoms with E-state index in [0.29, 0.717) is 54.4 Å². The van der Waals surface area contributed by atoms with E-state index in [2.05, 4.69) is 25.3 Å². The summed E-state index contributed by atoms with van der Waals surface area (Å²) in [4.78, 5) is 28.5. The number of nitrogens with two attached hydrogens (primary N) is 1. The van der Waals surface area contributed by atoms with Crippen LogP contribution in [0.4, 0.5) is 11.6 Å². The number of nitrogens with zero attached hydrogens (tertiary/aromatic N) is 4. The van der Waals surface area contributed by atoms with Crippen molar-refractivity contribution in [3.63, 3.8) is 0 Å². The van der Waals surface area contributed by atoms with Crippen LogP contribution in [0.1, 0.15) is 45.6 Å². The highest BCUT2D eigenvalue weighted by atomic mass is 32.2. The molecule has 172 valence electrons. The molecule has 0 aromatic carbocycles. The Labute approximate surface area is 185 Å². The second-order valence-corrected chi connectivity index (χ2v) is 10.7. The number of aromatic nitrogens is 5. The monoisotopic (exact) mass is 461 g/mol. The second kappa shape index (κ2) is 8.17. The average molecular weight is 462 g/mol. The lowest BCUT2D eigenvalue weighted by atomic mass is 9.79. The van der Waals surface area contributed by atoms with Crippen LogP contribution in [0, 0.1) is 5.92 Å². The molecule has 3 aromatic rings. The first-order chi connectivity index (χ1) is 15.1. The van der Waals surface area contributed by atoms with E-state index in [1.807, 2.05) is 0 Å². The summed E-state index contributed by atoms with van der Waals surface area (Å²) in [7, 11) is -2.15. The molecule has 0 amide bonds. The zero-order valence-electron chi connectivity index (χ0n) is 18.2. The Kier molecular flexibility index (Phi) is 5.67. The molecule has 4 rings (SSSR count). The average Bonchev–Trinajstić information content (AvgIpc) is 3.08. The highest BCUT2D eigenvalue weighted by Gasteiger charge is 2.41. The number of rotatable bonds is 6. The van der Waals surface area contributed by atoms with E-state index in [0.717, 1.165) is 0 Å². The molecule has 1 saturated carbocycles. The first-order valence-corrected chi connectivity index (χ1v) is 11.9. The van der Waals surface area contributed by atoms with Crippen molar-refractivity contribution in [1.82, 2.24) is 24.5 Å². The lowest BCUT2D eigenvalue weighted by Gasteiger charge is -2.37. The van der Waals surface area contributed by atoms with Crippen LogP contribution in [0.25, 0.3) is 11.2 Å².